The van der Waals surface area contributed by atoms with Crippen LogP contribution in [0.3, 0.4) is 0 Å². The molecule has 0 spiro atoms. The zero-order valence-electron chi connectivity index (χ0n) is 5.91. The van der Waals surface area contributed by atoms with E-state index in [9.17, 15) is 5.11 Å². The molecule has 0 N–H and O–H groups in total. The fourth-order valence-corrected chi connectivity index (χ4v) is 0. The van der Waals surface area contributed by atoms with Crippen LogP contribution in [0.5, 0.6) is 0 Å². The van der Waals surface area contributed by atoms with Crippen LogP contribution in [-0.2, 0) is 0 Å². The molecule has 0 aliphatic carbocycles. The first-order valence-corrected chi connectivity index (χ1v) is 1.70. The molecule has 0 aromatic heterocycles. The van der Waals surface area contributed by atoms with E-state index in [0.717, 1.165) is 0 Å². The van der Waals surface area contributed by atoms with Crippen molar-refractivity contribution in [3.05, 3.63) is 0 Å². The third-order valence-corrected chi connectivity index (χ3v) is 0. The third-order valence-electron chi connectivity index (χ3n) is 0. The Morgan fingerprint density at radius 3 is 1.14 bits per heavy atom. The Bertz CT molecular complexity index is 27.2. The van der Waals surface area contributed by atoms with E-state index in [0.29, 0.717) is 0 Å². The summed E-state index contributed by atoms with van der Waals surface area (Å²) in [6.07, 6.45) is 0. The Balaban J connectivity index is -0.0000000800. The molecule has 1 nitrogen and oxygen atoms in total. The van der Waals surface area contributed by atoms with Crippen molar-refractivity contribution in [2.24, 2.45) is 0 Å². The average Bonchev–Trinajstić information content (AvgIpc) is 0.722. The summed E-state index contributed by atoms with van der Waals surface area (Å²) in [5.41, 5.74) is -0.750. The Labute approximate surface area is 110 Å². The van der Waals surface area contributed by atoms with Crippen molar-refractivity contribution < 1.29 is 86.0 Å². The molecule has 0 aromatic carbocycles. The van der Waals surface area contributed by atoms with Crippen molar-refractivity contribution >= 4 is 0 Å². The summed E-state index contributed by atoms with van der Waals surface area (Å²) in [7, 11) is 0. The van der Waals surface area contributed by atoms with Crippen LogP contribution in [0, 0.1) is 0 Å². The van der Waals surface area contributed by atoms with Gasteiger partial charge in [-0.05, 0) is 0 Å². The summed E-state index contributed by atoms with van der Waals surface area (Å²) in [5, 5.41) is 10.1. The summed E-state index contributed by atoms with van der Waals surface area (Å²) in [6.45, 7) is 4.90. The topological polar surface area (TPSA) is 23.1 Å². The standard InChI is InChI=1S/C4H9O.K.Na/c1-4(2,3)5;;/h1-3H3;;/q-1;2*+1. The molecule has 0 saturated heterocycles. The molecule has 3 heteroatoms. The monoisotopic (exact) mass is 135 g/mol. The van der Waals surface area contributed by atoms with E-state index in [4.69, 9.17) is 0 Å². The van der Waals surface area contributed by atoms with E-state index in [1.807, 2.05) is 0 Å². The van der Waals surface area contributed by atoms with Gasteiger partial charge < -0.3 is 5.11 Å². The summed E-state index contributed by atoms with van der Waals surface area (Å²) in [5.74, 6) is 0. The maximum absolute atomic E-state index is 10.1. The fourth-order valence-electron chi connectivity index (χ4n) is 0. The molecule has 0 amide bonds. The van der Waals surface area contributed by atoms with Crippen molar-refractivity contribution in [1.29, 1.82) is 0 Å². The van der Waals surface area contributed by atoms with Gasteiger partial charge >= 0.3 is 80.9 Å². The molecule has 0 heterocycles. The molecule has 32 valence electrons. The van der Waals surface area contributed by atoms with Crippen molar-refractivity contribution in [1.82, 2.24) is 0 Å². The van der Waals surface area contributed by atoms with Gasteiger partial charge in [0.05, 0.1) is 0 Å². The molecule has 0 saturated carbocycles. The molecule has 0 rings (SSSR count). The van der Waals surface area contributed by atoms with Crippen LogP contribution >= 0.6 is 0 Å². The average molecular weight is 135 g/mol. The van der Waals surface area contributed by atoms with E-state index < -0.39 is 5.60 Å². The number of rotatable bonds is 0. The maximum atomic E-state index is 10.1. The van der Waals surface area contributed by atoms with Crippen LogP contribution in [0.2, 0.25) is 0 Å². The Kier molecular flexibility index (Phi) is 15.6. The van der Waals surface area contributed by atoms with Crippen molar-refractivity contribution in [2.45, 2.75) is 26.4 Å². The molecule has 0 unspecified atom stereocenters. The van der Waals surface area contributed by atoms with Gasteiger partial charge in [0.15, 0.2) is 0 Å². The van der Waals surface area contributed by atoms with E-state index in [-0.39, 0.29) is 80.9 Å². The van der Waals surface area contributed by atoms with E-state index in [1.54, 1.807) is 20.8 Å². The van der Waals surface area contributed by atoms with Gasteiger partial charge in [-0.2, -0.15) is 0 Å². The van der Waals surface area contributed by atoms with Gasteiger partial charge in [0.2, 0.25) is 0 Å². The molecule has 0 atom stereocenters. The first kappa shape index (κ1) is 16.3. The zero-order valence-corrected chi connectivity index (χ0v) is 11.0. The minimum absolute atomic E-state index is 0. The maximum Gasteiger partial charge on any atom is 1.00 e. The number of hydrogen-bond donors (Lipinski definition) is 0. The second-order valence-corrected chi connectivity index (χ2v) is 2.11. The predicted octanol–water partition coefficient (Wildman–Crippen LogP) is -5.85. The fraction of sp³-hybridized carbons (Fsp3) is 1.00. The van der Waals surface area contributed by atoms with Crippen molar-refractivity contribution in [3.63, 3.8) is 0 Å². The quantitative estimate of drug-likeness (QED) is 0.303. The summed E-state index contributed by atoms with van der Waals surface area (Å²) in [6, 6.07) is 0. The third kappa shape index (κ3) is 55.5. The zero-order chi connectivity index (χ0) is 4.50. The number of hydrogen-bond acceptors (Lipinski definition) is 1. The van der Waals surface area contributed by atoms with Crippen molar-refractivity contribution in [2.75, 3.05) is 0 Å². The smallest absolute Gasteiger partial charge is 0.850 e. The van der Waals surface area contributed by atoms with E-state index in [1.165, 1.54) is 0 Å². The van der Waals surface area contributed by atoms with Gasteiger partial charge in [-0.15, -0.1) is 5.60 Å². The molecule has 0 bridgehead atoms. The molecule has 7 heavy (non-hydrogen) atoms. The normalized spacial score (nSPS) is 8.57. The van der Waals surface area contributed by atoms with Crippen molar-refractivity contribution in [3.8, 4) is 0 Å². The minimum Gasteiger partial charge on any atom is -0.850 e. The second-order valence-electron chi connectivity index (χ2n) is 2.11. The SMILES string of the molecule is CC(C)(C)[O-].[K+].[Na+]. The predicted molar refractivity (Wildman–Crippen MR) is 19.8 cm³/mol. The molecule has 0 fully saturated rings. The molecule has 0 aliphatic rings. The minimum atomic E-state index is -0.750. The molecular weight excluding hydrogens is 126 g/mol. The summed E-state index contributed by atoms with van der Waals surface area (Å²) >= 11 is 0. The van der Waals surface area contributed by atoms with Crippen LogP contribution < -0.4 is 86.0 Å². The Morgan fingerprint density at radius 2 is 1.14 bits per heavy atom. The largest absolute Gasteiger partial charge is 1.00 e. The van der Waals surface area contributed by atoms with Gasteiger partial charge in [0.1, 0.15) is 0 Å². The van der Waals surface area contributed by atoms with Gasteiger partial charge in [-0.3, -0.25) is 0 Å². The van der Waals surface area contributed by atoms with Gasteiger partial charge in [-0.25, -0.2) is 0 Å². The molecular formula is C4H9KNaO+. The Morgan fingerprint density at radius 1 is 1.14 bits per heavy atom. The van der Waals surface area contributed by atoms with Crippen LogP contribution in [0.4, 0.5) is 0 Å². The first-order valence-electron chi connectivity index (χ1n) is 1.70. The van der Waals surface area contributed by atoms with Crippen LogP contribution in [0.25, 0.3) is 0 Å². The van der Waals surface area contributed by atoms with Gasteiger partial charge in [0, 0.05) is 0 Å². The second kappa shape index (κ2) is 6.71. The van der Waals surface area contributed by atoms with Crippen LogP contribution in [0.15, 0.2) is 0 Å². The first-order chi connectivity index (χ1) is 2.00. The Hall–Kier alpha value is 2.60. The van der Waals surface area contributed by atoms with E-state index >= 15 is 0 Å². The van der Waals surface area contributed by atoms with Crippen LogP contribution in [-0.4, -0.2) is 5.60 Å². The van der Waals surface area contributed by atoms with E-state index in [2.05, 4.69) is 0 Å². The summed E-state index contributed by atoms with van der Waals surface area (Å²) < 4.78 is 0. The molecule has 0 radical (unpaired) electrons. The molecule has 0 aliphatic heterocycles. The van der Waals surface area contributed by atoms with Gasteiger partial charge in [-0.1, -0.05) is 20.8 Å². The summed E-state index contributed by atoms with van der Waals surface area (Å²) in [4.78, 5) is 0. The molecule has 0 aromatic rings. The van der Waals surface area contributed by atoms with Gasteiger partial charge in [0.25, 0.3) is 0 Å². The van der Waals surface area contributed by atoms with Crippen LogP contribution in [0.1, 0.15) is 20.8 Å².